The average Bonchev–Trinajstić information content (AvgIpc) is 2.39. The Bertz CT molecular complexity index is 229. The maximum atomic E-state index is 6.20. The number of rotatable bonds is 8. The number of hydrogen-bond acceptors (Lipinski definition) is 2. The van der Waals surface area contributed by atoms with Gasteiger partial charge in [-0.3, -0.25) is 4.90 Å². The Morgan fingerprint density at radius 1 is 1.21 bits per heavy atom. The van der Waals surface area contributed by atoms with Crippen LogP contribution in [0.2, 0.25) is 0 Å². The first kappa shape index (κ1) is 17.0. The van der Waals surface area contributed by atoms with Crippen LogP contribution < -0.4 is 5.73 Å². The number of nitrogens with two attached hydrogens (primary N) is 1. The summed E-state index contributed by atoms with van der Waals surface area (Å²) in [5.41, 5.74) is 6.52. The maximum absolute atomic E-state index is 6.20. The van der Waals surface area contributed by atoms with Crippen molar-refractivity contribution >= 4 is 0 Å². The molecule has 2 nitrogen and oxygen atoms in total. The quantitative estimate of drug-likeness (QED) is 0.720. The van der Waals surface area contributed by atoms with Crippen molar-refractivity contribution in [3.05, 3.63) is 0 Å². The van der Waals surface area contributed by atoms with Crippen molar-refractivity contribution in [1.82, 2.24) is 4.90 Å². The molecule has 0 radical (unpaired) electrons. The molecule has 114 valence electrons. The zero-order chi connectivity index (χ0) is 14.3. The number of nitrogens with zero attached hydrogens (tertiary/aromatic N) is 1. The van der Waals surface area contributed by atoms with E-state index in [0.29, 0.717) is 5.54 Å². The number of hydrogen-bond donors (Lipinski definition) is 1. The van der Waals surface area contributed by atoms with E-state index in [1.54, 1.807) is 0 Å². The second-order valence-corrected chi connectivity index (χ2v) is 7.13. The van der Waals surface area contributed by atoms with Gasteiger partial charge in [0.1, 0.15) is 0 Å². The van der Waals surface area contributed by atoms with E-state index >= 15 is 0 Å². The minimum absolute atomic E-state index is 0.319. The van der Waals surface area contributed by atoms with Crippen LogP contribution in [0.15, 0.2) is 0 Å². The van der Waals surface area contributed by atoms with Gasteiger partial charge in [-0.25, -0.2) is 0 Å². The van der Waals surface area contributed by atoms with E-state index in [9.17, 15) is 0 Å². The van der Waals surface area contributed by atoms with Crippen molar-refractivity contribution in [1.29, 1.82) is 0 Å². The molecule has 1 aliphatic carbocycles. The summed E-state index contributed by atoms with van der Waals surface area (Å²) >= 11 is 0. The molecule has 0 heterocycles. The van der Waals surface area contributed by atoms with Crippen molar-refractivity contribution in [2.75, 3.05) is 19.6 Å². The summed E-state index contributed by atoms with van der Waals surface area (Å²) in [6.45, 7) is 12.7. The fraction of sp³-hybridized carbons (Fsp3) is 1.00. The molecule has 2 N–H and O–H groups in total. The highest BCUT2D eigenvalue weighted by atomic mass is 15.2. The van der Waals surface area contributed by atoms with Crippen LogP contribution in [-0.4, -0.2) is 30.1 Å². The van der Waals surface area contributed by atoms with Crippen molar-refractivity contribution in [3.63, 3.8) is 0 Å². The van der Waals surface area contributed by atoms with Gasteiger partial charge in [-0.1, -0.05) is 27.7 Å². The van der Waals surface area contributed by atoms with Gasteiger partial charge in [0.25, 0.3) is 0 Å². The standard InChI is InChI=1S/C17H36N2/c1-5-12-19(13-6-7-15(2)3)17(14-18)10-8-16(4)9-11-17/h15-16H,5-14,18H2,1-4H3. The lowest BCUT2D eigenvalue weighted by Crippen LogP contribution is -2.56. The average molecular weight is 268 g/mol. The van der Waals surface area contributed by atoms with Gasteiger partial charge in [0, 0.05) is 12.1 Å². The van der Waals surface area contributed by atoms with Gasteiger partial charge in [0.15, 0.2) is 0 Å². The van der Waals surface area contributed by atoms with E-state index in [0.717, 1.165) is 18.4 Å². The molecule has 0 atom stereocenters. The van der Waals surface area contributed by atoms with E-state index in [4.69, 9.17) is 5.73 Å². The molecule has 0 saturated heterocycles. The van der Waals surface area contributed by atoms with Crippen molar-refractivity contribution in [2.24, 2.45) is 17.6 Å². The SMILES string of the molecule is CCCN(CCCC(C)C)C1(CN)CCC(C)CC1. The predicted octanol–water partition coefficient (Wildman–Crippen LogP) is 4.04. The van der Waals surface area contributed by atoms with Gasteiger partial charge < -0.3 is 5.73 Å². The van der Waals surface area contributed by atoms with Crippen LogP contribution >= 0.6 is 0 Å². The summed E-state index contributed by atoms with van der Waals surface area (Å²) in [7, 11) is 0. The fourth-order valence-electron chi connectivity index (χ4n) is 3.50. The Balaban J connectivity index is 2.60. The molecule has 0 aliphatic heterocycles. The van der Waals surface area contributed by atoms with Gasteiger partial charge in [-0.15, -0.1) is 0 Å². The molecule has 1 aliphatic rings. The highest BCUT2D eigenvalue weighted by Crippen LogP contribution is 2.36. The van der Waals surface area contributed by atoms with Crippen molar-refractivity contribution in [2.45, 2.75) is 78.2 Å². The molecule has 0 aromatic rings. The Kier molecular flexibility index (Phi) is 7.38. The minimum atomic E-state index is 0.319. The molecule has 1 fully saturated rings. The second-order valence-electron chi connectivity index (χ2n) is 7.13. The zero-order valence-electron chi connectivity index (χ0n) is 13.8. The van der Waals surface area contributed by atoms with Crippen molar-refractivity contribution in [3.8, 4) is 0 Å². The van der Waals surface area contributed by atoms with E-state index in [1.807, 2.05) is 0 Å². The molecule has 0 spiro atoms. The Morgan fingerprint density at radius 2 is 1.84 bits per heavy atom. The van der Waals surface area contributed by atoms with Crippen LogP contribution in [0.5, 0.6) is 0 Å². The van der Waals surface area contributed by atoms with E-state index in [1.165, 1.54) is 58.0 Å². The normalized spacial score (nSPS) is 28.3. The van der Waals surface area contributed by atoms with Gasteiger partial charge in [0.2, 0.25) is 0 Å². The van der Waals surface area contributed by atoms with E-state index in [-0.39, 0.29) is 0 Å². The predicted molar refractivity (Wildman–Crippen MR) is 85.4 cm³/mol. The largest absolute Gasteiger partial charge is 0.329 e. The Morgan fingerprint density at radius 3 is 2.32 bits per heavy atom. The third-order valence-electron chi connectivity index (χ3n) is 4.96. The molecule has 0 aromatic carbocycles. The molecule has 0 aromatic heterocycles. The van der Waals surface area contributed by atoms with Crippen LogP contribution in [0, 0.1) is 11.8 Å². The molecule has 1 rings (SSSR count). The topological polar surface area (TPSA) is 29.3 Å². The first-order valence-electron chi connectivity index (χ1n) is 8.49. The van der Waals surface area contributed by atoms with Crippen LogP contribution in [0.4, 0.5) is 0 Å². The lowest BCUT2D eigenvalue weighted by Gasteiger charge is -2.47. The van der Waals surface area contributed by atoms with Crippen LogP contribution in [0.3, 0.4) is 0 Å². The third kappa shape index (κ3) is 5.07. The third-order valence-corrected chi connectivity index (χ3v) is 4.96. The molecular weight excluding hydrogens is 232 g/mol. The highest BCUT2D eigenvalue weighted by molar-refractivity contribution is 4.95. The summed E-state index contributed by atoms with van der Waals surface area (Å²) in [5.74, 6) is 1.72. The molecule has 0 amide bonds. The lowest BCUT2D eigenvalue weighted by molar-refractivity contribution is 0.0423. The van der Waals surface area contributed by atoms with Gasteiger partial charge >= 0.3 is 0 Å². The monoisotopic (exact) mass is 268 g/mol. The molecule has 0 bridgehead atoms. The van der Waals surface area contributed by atoms with Gasteiger partial charge in [0.05, 0.1) is 0 Å². The first-order valence-corrected chi connectivity index (χ1v) is 8.49. The van der Waals surface area contributed by atoms with E-state index in [2.05, 4.69) is 32.6 Å². The van der Waals surface area contributed by atoms with Crippen LogP contribution in [0.1, 0.15) is 72.6 Å². The minimum Gasteiger partial charge on any atom is -0.329 e. The molecule has 2 heteroatoms. The summed E-state index contributed by atoms with van der Waals surface area (Å²) in [4.78, 5) is 2.74. The second kappa shape index (κ2) is 8.26. The van der Waals surface area contributed by atoms with Crippen molar-refractivity contribution < 1.29 is 0 Å². The molecular formula is C17H36N2. The molecule has 0 unspecified atom stereocenters. The zero-order valence-corrected chi connectivity index (χ0v) is 13.8. The van der Waals surface area contributed by atoms with Crippen LogP contribution in [0.25, 0.3) is 0 Å². The Hall–Kier alpha value is -0.0800. The van der Waals surface area contributed by atoms with Gasteiger partial charge in [-0.2, -0.15) is 0 Å². The highest BCUT2D eigenvalue weighted by Gasteiger charge is 2.37. The summed E-state index contributed by atoms with van der Waals surface area (Å²) < 4.78 is 0. The first-order chi connectivity index (χ1) is 9.04. The van der Waals surface area contributed by atoms with Gasteiger partial charge in [-0.05, 0) is 69.9 Å². The lowest BCUT2D eigenvalue weighted by atomic mass is 9.75. The Labute approximate surface area is 121 Å². The summed E-state index contributed by atoms with van der Waals surface area (Å²) in [5, 5.41) is 0. The van der Waals surface area contributed by atoms with E-state index < -0.39 is 0 Å². The molecule has 1 saturated carbocycles. The maximum Gasteiger partial charge on any atom is 0.0331 e. The smallest absolute Gasteiger partial charge is 0.0331 e. The summed E-state index contributed by atoms with van der Waals surface area (Å²) in [6.07, 6.45) is 9.27. The fourth-order valence-corrected chi connectivity index (χ4v) is 3.50. The summed E-state index contributed by atoms with van der Waals surface area (Å²) in [6, 6.07) is 0. The molecule has 19 heavy (non-hydrogen) atoms. The van der Waals surface area contributed by atoms with Crippen LogP contribution in [-0.2, 0) is 0 Å².